The summed E-state index contributed by atoms with van der Waals surface area (Å²) in [6.45, 7) is 0. The molecule has 12 aromatic carbocycles. The molecule has 8 nitrogen and oxygen atoms in total. The van der Waals surface area contributed by atoms with Crippen LogP contribution in [0.1, 0.15) is 0 Å². The molecule has 0 saturated heterocycles. The van der Waals surface area contributed by atoms with Crippen LogP contribution in [0.4, 0.5) is 0 Å². The van der Waals surface area contributed by atoms with Gasteiger partial charge >= 0.3 is 48.4 Å². The van der Waals surface area contributed by atoms with Crippen molar-refractivity contribution in [3.05, 3.63) is 364 Å². The number of halogens is 1. The van der Waals surface area contributed by atoms with Crippen LogP contribution in [0.5, 0.6) is 0 Å². The summed E-state index contributed by atoms with van der Waals surface area (Å²) in [6, 6.07) is 117. The molecule has 0 amide bonds. The fourth-order valence-electron chi connectivity index (χ4n) is 9.44. The van der Waals surface area contributed by atoms with Gasteiger partial charge in [-0.05, 0) is 0 Å². The molecule has 0 spiro atoms. The van der Waals surface area contributed by atoms with E-state index in [1.165, 1.54) is 0 Å². The van der Waals surface area contributed by atoms with E-state index in [0.29, 0.717) is 0 Å². The van der Waals surface area contributed by atoms with Gasteiger partial charge in [-0.1, -0.05) is 364 Å². The molecule has 0 aliphatic rings. The molecule has 12 rings (SSSR count). The molecule has 0 bridgehead atoms. The molecule has 12 aromatic rings. The first-order valence-corrected chi connectivity index (χ1v) is 35.2. The van der Waals surface area contributed by atoms with Crippen LogP contribution >= 0.6 is 28.6 Å². The molecule has 0 heterocycles. The molecule has 0 radical (unpaired) electrons. The Morgan fingerprint density at radius 1 is 0.186 bits per heavy atom. The van der Waals surface area contributed by atoms with Crippen molar-refractivity contribution in [2.45, 2.75) is 0 Å². The number of benzene rings is 12. The molecule has 426 valence electrons. The topological polar surface area (TPSA) is 152 Å². The van der Waals surface area contributed by atoms with Crippen molar-refractivity contribution in [1.82, 2.24) is 0 Å². The van der Waals surface area contributed by atoms with Gasteiger partial charge in [0.15, 0.2) is 28.6 Å². The zero-order chi connectivity index (χ0) is 59.9. The second kappa shape index (κ2) is 32.2. The predicted molar refractivity (Wildman–Crippen MR) is 350 cm³/mol. The third-order valence-electron chi connectivity index (χ3n) is 13.4. The summed E-state index contributed by atoms with van der Waals surface area (Å²) < 4.78 is 85.5. The first-order valence-electron chi connectivity index (χ1n) is 27.0. The molecule has 0 unspecified atom stereocenters. The monoisotopic (exact) mass is 1280 g/mol. The summed E-state index contributed by atoms with van der Waals surface area (Å²) in [6.07, 6.45) is 0. The number of hydrogen-bond donors (Lipinski definition) is 3. The molecule has 3 N–H and O–H groups in total. The van der Waals surface area contributed by atoms with Gasteiger partial charge in [0.2, 0.25) is 0 Å². The zero-order valence-electron chi connectivity index (χ0n) is 46.9. The predicted octanol–water partition coefficient (Wildman–Crippen LogP) is 10.4. The van der Waals surface area contributed by atoms with Crippen molar-refractivity contribution in [3.8, 4) is 0 Å². The van der Waals surface area contributed by atoms with Gasteiger partial charge in [-0.3, -0.25) is 0 Å². The molecule has 86 heavy (non-hydrogen) atoms. The third kappa shape index (κ3) is 16.8. The average Bonchev–Trinajstić information content (AvgIpc) is 2.53. The summed E-state index contributed by atoms with van der Waals surface area (Å²) in [5.74, 6) is 0. The Hall–Kier alpha value is -7.69. The molecule has 14 heteroatoms. The Morgan fingerprint density at radius 2 is 0.244 bits per heavy atom. The van der Waals surface area contributed by atoms with Crippen LogP contribution in [-0.4, -0.2) is 14.0 Å². The minimum Gasteiger partial charge on any atom is 2.00 e. The van der Waals surface area contributed by atoms with E-state index in [0.717, 1.165) is 63.7 Å². The van der Waals surface area contributed by atoms with Crippen LogP contribution in [0.15, 0.2) is 364 Å². The van der Waals surface area contributed by atoms with E-state index >= 15 is 0 Å². The summed E-state index contributed by atoms with van der Waals surface area (Å²) in [4.78, 5) is 0. The Kier molecular flexibility index (Phi) is 24.6. The molecule has 0 fully saturated rings. The Balaban J connectivity index is 0.000000159. The van der Waals surface area contributed by atoms with Crippen LogP contribution in [0.25, 0.3) is 0 Å². The third-order valence-corrected chi connectivity index (χ3v) is 25.7. The van der Waals surface area contributed by atoms with E-state index in [-0.39, 0.29) is 19.5 Å². The second-order valence-corrected chi connectivity index (χ2v) is 30.8. The maximum absolute atomic E-state index is 13.8. The van der Waals surface area contributed by atoms with Crippen LogP contribution in [0.3, 0.4) is 0 Å². The fourth-order valence-corrected chi connectivity index (χ4v) is 20.1. The van der Waals surface area contributed by atoms with Crippen molar-refractivity contribution in [1.29, 1.82) is 0 Å². The number of hydrogen-bond acceptors (Lipinski definition) is 8. The fraction of sp³-hybridized carbons (Fsp3) is 0. The zero-order valence-corrected chi connectivity index (χ0v) is 54.2. The van der Waals surface area contributed by atoms with Crippen LogP contribution < -0.4 is 68.3 Å². The molecular formula is C72H63ClO8P4Zn+2. The van der Waals surface area contributed by atoms with E-state index in [2.05, 4.69) is 0 Å². The SMILES string of the molecule is O=P(c1ccccc1)(c1ccccc1)c1ccccc1.O=P(c1ccccc1)(c1ccccc1)c1ccccc1.O=P(c1ccccc1)(c1ccccc1)c1ccccc1.O=P(c1ccccc1)(c1ccccc1)c1ccccc1.[O-][Cl+](O)(O)O.[Zn+2]. The van der Waals surface area contributed by atoms with E-state index in [9.17, 15) is 18.3 Å². The summed E-state index contributed by atoms with van der Waals surface area (Å²) in [5, 5.41) is 10.5. The van der Waals surface area contributed by atoms with Crippen molar-refractivity contribution < 1.29 is 66.6 Å². The van der Waals surface area contributed by atoms with Gasteiger partial charge < -0.3 is 18.3 Å². The normalized spacial score (nSPS) is 11.3. The van der Waals surface area contributed by atoms with Gasteiger partial charge in [0.1, 0.15) is 0 Å². The van der Waals surface area contributed by atoms with Gasteiger partial charge in [0, 0.05) is 63.7 Å². The van der Waals surface area contributed by atoms with Gasteiger partial charge in [-0.15, -0.1) is 0 Å². The minimum absolute atomic E-state index is 0. The molecular weight excluding hydrogens is 1220 g/mol. The van der Waals surface area contributed by atoms with E-state index in [4.69, 9.17) is 18.6 Å². The summed E-state index contributed by atoms with van der Waals surface area (Å²) >= 11 is 0. The standard InChI is InChI=1S/4C18H15OP.ClH3O4.Zn/c4*19-20(16-10-4-1-5-11-16,17-12-6-2-7-13-17)18-14-8-3-9-15-18;2-1(3,4)5;/h4*1-15H;2-4H;/q;;;;;+2. The maximum atomic E-state index is 13.8. The summed E-state index contributed by atoms with van der Waals surface area (Å²) in [7, 11) is -15.3. The van der Waals surface area contributed by atoms with Gasteiger partial charge in [-0.25, -0.2) is 0 Å². The Morgan fingerprint density at radius 3 is 0.302 bits per heavy atom. The van der Waals surface area contributed by atoms with Crippen molar-refractivity contribution in [2.75, 3.05) is 0 Å². The first kappa shape index (κ1) is 65.8. The maximum Gasteiger partial charge on any atom is 2.00 e. The van der Waals surface area contributed by atoms with Crippen LogP contribution in [-0.2, 0) is 37.7 Å². The molecule has 0 saturated carbocycles. The molecule has 0 aliphatic heterocycles. The summed E-state index contributed by atoms with van der Waals surface area (Å²) in [5.41, 5.74) is 0. The average molecular weight is 1280 g/mol. The minimum atomic E-state index is -4.19. The van der Waals surface area contributed by atoms with Crippen molar-refractivity contribution in [2.24, 2.45) is 0 Å². The van der Waals surface area contributed by atoms with Crippen LogP contribution in [0, 0.1) is 10.2 Å². The largest absolute Gasteiger partial charge is 2.00 e. The smallest absolute Gasteiger partial charge is 2.00 e. The van der Waals surface area contributed by atoms with Gasteiger partial charge in [-0.2, -0.15) is 0 Å². The van der Waals surface area contributed by atoms with E-state index in [1.54, 1.807) is 0 Å². The second-order valence-electron chi connectivity index (χ2n) is 18.9. The Bertz CT molecular complexity index is 3130. The number of rotatable bonds is 12. The van der Waals surface area contributed by atoms with Crippen molar-refractivity contribution in [3.63, 3.8) is 0 Å². The van der Waals surface area contributed by atoms with E-state index in [1.807, 2.05) is 364 Å². The molecule has 0 atom stereocenters. The quantitative estimate of drug-likeness (QED) is 0.0808. The Labute approximate surface area is 519 Å². The first-order chi connectivity index (χ1) is 41.3. The van der Waals surface area contributed by atoms with Gasteiger partial charge in [0.05, 0.1) is 0 Å². The van der Waals surface area contributed by atoms with E-state index < -0.39 is 38.8 Å². The van der Waals surface area contributed by atoms with Crippen LogP contribution in [0.2, 0.25) is 0 Å². The molecule has 0 aromatic heterocycles. The van der Waals surface area contributed by atoms with Crippen molar-refractivity contribution >= 4 is 92.2 Å². The molecule has 0 aliphatic carbocycles. The van der Waals surface area contributed by atoms with Gasteiger partial charge in [0.25, 0.3) is 0 Å².